The van der Waals surface area contributed by atoms with Crippen molar-refractivity contribution in [2.45, 2.75) is 31.4 Å². The monoisotopic (exact) mass is 275 g/mol. The molecule has 2 aromatic rings. The average molecular weight is 275 g/mol. The topological polar surface area (TPSA) is 54.6 Å². The first-order valence-electron chi connectivity index (χ1n) is 7.18. The summed E-state index contributed by atoms with van der Waals surface area (Å²) in [6, 6.07) is 10.1. The predicted octanol–water partition coefficient (Wildman–Crippen LogP) is 2.62. The molecule has 1 atom stereocenters. The summed E-state index contributed by atoms with van der Waals surface area (Å²) in [7, 11) is 0. The van der Waals surface area contributed by atoms with Crippen LogP contribution in [0.5, 0.6) is 0 Å². The molecular formula is C16H21NO3. The molecule has 0 saturated carbocycles. The van der Waals surface area contributed by atoms with Gasteiger partial charge in [0, 0.05) is 38.0 Å². The SMILES string of the molecule is CC(NCC1(O)CCOCC1)c1cc2ccccc2o1. The lowest BCUT2D eigenvalue weighted by molar-refractivity contribution is -0.0628. The van der Waals surface area contributed by atoms with Crippen molar-refractivity contribution in [3.63, 3.8) is 0 Å². The van der Waals surface area contributed by atoms with E-state index in [2.05, 4.69) is 18.3 Å². The minimum atomic E-state index is -0.654. The van der Waals surface area contributed by atoms with Gasteiger partial charge in [-0.3, -0.25) is 0 Å². The molecule has 3 rings (SSSR count). The Kier molecular flexibility index (Phi) is 3.78. The number of hydrogen-bond donors (Lipinski definition) is 2. The number of rotatable bonds is 4. The molecule has 0 bridgehead atoms. The fraction of sp³-hybridized carbons (Fsp3) is 0.500. The highest BCUT2D eigenvalue weighted by molar-refractivity contribution is 5.77. The molecule has 0 radical (unpaired) electrons. The van der Waals surface area contributed by atoms with E-state index in [1.807, 2.05) is 24.3 Å². The minimum absolute atomic E-state index is 0.0780. The zero-order valence-electron chi connectivity index (χ0n) is 11.8. The molecular weight excluding hydrogens is 254 g/mol. The minimum Gasteiger partial charge on any atom is -0.459 e. The van der Waals surface area contributed by atoms with Gasteiger partial charge in [-0.15, -0.1) is 0 Å². The Balaban J connectivity index is 1.65. The molecule has 0 spiro atoms. The van der Waals surface area contributed by atoms with Crippen molar-refractivity contribution in [1.29, 1.82) is 0 Å². The lowest BCUT2D eigenvalue weighted by atomic mass is 9.94. The Morgan fingerprint density at radius 2 is 2.05 bits per heavy atom. The van der Waals surface area contributed by atoms with Gasteiger partial charge in [0.25, 0.3) is 0 Å². The Morgan fingerprint density at radius 1 is 1.30 bits per heavy atom. The van der Waals surface area contributed by atoms with Crippen LogP contribution in [0.15, 0.2) is 34.7 Å². The molecule has 2 heterocycles. The number of ether oxygens (including phenoxy) is 1. The Hall–Kier alpha value is -1.36. The predicted molar refractivity (Wildman–Crippen MR) is 77.6 cm³/mol. The number of aliphatic hydroxyl groups is 1. The van der Waals surface area contributed by atoms with Gasteiger partial charge in [-0.25, -0.2) is 0 Å². The van der Waals surface area contributed by atoms with Crippen molar-refractivity contribution in [2.24, 2.45) is 0 Å². The molecule has 1 fully saturated rings. The summed E-state index contributed by atoms with van der Waals surface area (Å²) in [5, 5.41) is 14.9. The van der Waals surface area contributed by atoms with Gasteiger partial charge in [-0.1, -0.05) is 18.2 Å². The summed E-state index contributed by atoms with van der Waals surface area (Å²) in [4.78, 5) is 0. The van der Waals surface area contributed by atoms with Crippen LogP contribution in [0.3, 0.4) is 0 Å². The Labute approximate surface area is 118 Å². The molecule has 2 N–H and O–H groups in total. The van der Waals surface area contributed by atoms with E-state index in [1.165, 1.54) is 0 Å². The first-order chi connectivity index (χ1) is 9.66. The first kappa shape index (κ1) is 13.6. The van der Waals surface area contributed by atoms with E-state index in [0.29, 0.717) is 32.6 Å². The van der Waals surface area contributed by atoms with E-state index < -0.39 is 5.60 Å². The van der Waals surface area contributed by atoms with Crippen LogP contribution in [0.2, 0.25) is 0 Å². The molecule has 1 aliphatic rings. The largest absolute Gasteiger partial charge is 0.459 e. The Morgan fingerprint density at radius 3 is 2.80 bits per heavy atom. The summed E-state index contributed by atoms with van der Waals surface area (Å²) in [5.74, 6) is 0.904. The van der Waals surface area contributed by atoms with Crippen LogP contribution in [-0.4, -0.2) is 30.5 Å². The van der Waals surface area contributed by atoms with Crippen molar-refractivity contribution in [3.05, 3.63) is 36.1 Å². The highest BCUT2D eigenvalue weighted by Crippen LogP contribution is 2.25. The fourth-order valence-corrected chi connectivity index (χ4v) is 2.59. The maximum atomic E-state index is 10.4. The fourth-order valence-electron chi connectivity index (χ4n) is 2.59. The molecule has 1 unspecified atom stereocenters. The van der Waals surface area contributed by atoms with Gasteiger partial charge in [-0.2, -0.15) is 0 Å². The lowest BCUT2D eigenvalue weighted by Gasteiger charge is -2.33. The number of furan rings is 1. The third kappa shape index (κ3) is 2.87. The van der Waals surface area contributed by atoms with Crippen LogP contribution in [-0.2, 0) is 4.74 Å². The van der Waals surface area contributed by atoms with Crippen LogP contribution in [0.4, 0.5) is 0 Å². The molecule has 108 valence electrons. The van der Waals surface area contributed by atoms with Gasteiger partial charge in [0.1, 0.15) is 11.3 Å². The van der Waals surface area contributed by atoms with E-state index in [1.54, 1.807) is 0 Å². The quantitative estimate of drug-likeness (QED) is 0.900. The van der Waals surface area contributed by atoms with Gasteiger partial charge in [0.2, 0.25) is 0 Å². The summed E-state index contributed by atoms with van der Waals surface area (Å²) in [6.07, 6.45) is 1.37. The third-order valence-corrected chi connectivity index (χ3v) is 4.03. The van der Waals surface area contributed by atoms with Crippen LogP contribution >= 0.6 is 0 Å². The van der Waals surface area contributed by atoms with E-state index in [0.717, 1.165) is 16.7 Å². The summed E-state index contributed by atoms with van der Waals surface area (Å²) >= 11 is 0. The van der Waals surface area contributed by atoms with E-state index >= 15 is 0 Å². The third-order valence-electron chi connectivity index (χ3n) is 4.03. The van der Waals surface area contributed by atoms with Crippen LogP contribution in [0.1, 0.15) is 31.6 Å². The second kappa shape index (κ2) is 5.56. The van der Waals surface area contributed by atoms with Crippen LogP contribution in [0, 0.1) is 0 Å². The highest BCUT2D eigenvalue weighted by atomic mass is 16.5. The number of benzene rings is 1. The van der Waals surface area contributed by atoms with Gasteiger partial charge < -0.3 is 19.6 Å². The molecule has 0 amide bonds. The van der Waals surface area contributed by atoms with Gasteiger partial charge in [-0.05, 0) is 19.1 Å². The molecule has 20 heavy (non-hydrogen) atoms. The van der Waals surface area contributed by atoms with Crippen molar-refractivity contribution in [3.8, 4) is 0 Å². The van der Waals surface area contributed by atoms with Crippen LogP contribution in [0.25, 0.3) is 11.0 Å². The summed E-state index contributed by atoms with van der Waals surface area (Å²) < 4.78 is 11.1. The van der Waals surface area contributed by atoms with Crippen molar-refractivity contribution in [1.82, 2.24) is 5.32 Å². The molecule has 4 nitrogen and oxygen atoms in total. The normalized spacial score (nSPS) is 20.1. The standard InChI is InChI=1S/C16H21NO3/c1-12(17-11-16(18)6-8-19-9-7-16)15-10-13-4-2-3-5-14(13)20-15/h2-5,10,12,17-18H,6-9,11H2,1H3. The molecule has 4 heteroatoms. The summed E-state index contributed by atoms with van der Waals surface area (Å²) in [5.41, 5.74) is 0.249. The second-order valence-corrected chi connectivity index (χ2v) is 5.63. The highest BCUT2D eigenvalue weighted by Gasteiger charge is 2.30. The number of hydrogen-bond acceptors (Lipinski definition) is 4. The number of fused-ring (bicyclic) bond motifs is 1. The maximum absolute atomic E-state index is 10.4. The lowest BCUT2D eigenvalue weighted by Crippen LogP contribution is -2.45. The summed E-state index contributed by atoms with van der Waals surface area (Å²) in [6.45, 7) is 3.89. The maximum Gasteiger partial charge on any atom is 0.134 e. The smallest absolute Gasteiger partial charge is 0.134 e. The molecule has 0 aliphatic carbocycles. The molecule has 1 aromatic heterocycles. The number of nitrogens with one attached hydrogen (secondary N) is 1. The van der Waals surface area contributed by atoms with Crippen molar-refractivity contribution < 1.29 is 14.3 Å². The first-order valence-corrected chi connectivity index (χ1v) is 7.18. The second-order valence-electron chi connectivity index (χ2n) is 5.63. The van der Waals surface area contributed by atoms with E-state index in [-0.39, 0.29) is 6.04 Å². The Bertz CT molecular complexity index is 539. The van der Waals surface area contributed by atoms with E-state index in [4.69, 9.17) is 9.15 Å². The van der Waals surface area contributed by atoms with Crippen molar-refractivity contribution >= 4 is 11.0 Å². The molecule has 1 saturated heterocycles. The van der Waals surface area contributed by atoms with Gasteiger partial charge in [0.05, 0.1) is 11.6 Å². The van der Waals surface area contributed by atoms with Crippen molar-refractivity contribution in [2.75, 3.05) is 19.8 Å². The zero-order valence-corrected chi connectivity index (χ0v) is 11.8. The zero-order chi connectivity index (χ0) is 14.0. The van der Waals surface area contributed by atoms with Gasteiger partial charge >= 0.3 is 0 Å². The number of para-hydroxylation sites is 1. The van der Waals surface area contributed by atoms with E-state index in [9.17, 15) is 5.11 Å². The van der Waals surface area contributed by atoms with Crippen LogP contribution < -0.4 is 5.32 Å². The molecule has 1 aliphatic heterocycles. The molecule has 1 aromatic carbocycles. The van der Waals surface area contributed by atoms with Gasteiger partial charge in [0.15, 0.2) is 0 Å². The average Bonchev–Trinajstić information content (AvgIpc) is 2.89.